The molecule has 1 fully saturated rings. The Labute approximate surface area is 103 Å². The molecule has 0 aliphatic carbocycles. The number of hydrogen-bond acceptors (Lipinski definition) is 4. The van der Waals surface area contributed by atoms with E-state index in [4.69, 9.17) is 9.47 Å². The highest BCUT2D eigenvalue weighted by Gasteiger charge is 2.20. The van der Waals surface area contributed by atoms with Crippen molar-refractivity contribution in [1.29, 1.82) is 0 Å². The van der Waals surface area contributed by atoms with Crippen LogP contribution in [0.1, 0.15) is 26.2 Å². The molecule has 0 aromatic carbocycles. The summed E-state index contributed by atoms with van der Waals surface area (Å²) in [6, 6.07) is 0. The summed E-state index contributed by atoms with van der Waals surface area (Å²) in [4.78, 5) is 11.6. The van der Waals surface area contributed by atoms with E-state index in [1.165, 1.54) is 0 Å². The van der Waals surface area contributed by atoms with Crippen molar-refractivity contribution in [1.82, 2.24) is 0 Å². The van der Waals surface area contributed by atoms with Gasteiger partial charge in [0.1, 0.15) is 5.78 Å². The maximum absolute atomic E-state index is 11.6. The van der Waals surface area contributed by atoms with Crippen molar-refractivity contribution in [2.75, 3.05) is 13.2 Å². The predicted octanol–water partition coefficient (Wildman–Crippen LogP) is 1.30. The van der Waals surface area contributed by atoms with Gasteiger partial charge in [-0.1, -0.05) is 6.92 Å². The van der Waals surface area contributed by atoms with Crippen LogP contribution in [0.3, 0.4) is 0 Å². The molecule has 1 aliphatic heterocycles. The molecule has 1 saturated heterocycles. The van der Waals surface area contributed by atoms with E-state index in [0.717, 1.165) is 6.42 Å². The van der Waals surface area contributed by atoms with Crippen molar-refractivity contribution >= 4 is 5.78 Å². The zero-order valence-electron chi connectivity index (χ0n) is 10.2. The van der Waals surface area contributed by atoms with Crippen LogP contribution in [0.25, 0.3) is 0 Å². The molecule has 4 heteroatoms. The molecular formula is C13H20O4. The average Bonchev–Trinajstić information content (AvgIpc) is 2.30. The van der Waals surface area contributed by atoms with E-state index in [-0.39, 0.29) is 18.6 Å². The Bertz CT molecular complexity index is 211. The smallest absolute Gasteiger partial charge is 0.164 e. The monoisotopic (exact) mass is 240 g/mol. The predicted molar refractivity (Wildman–Crippen MR) is 63.4 cm³/mol. The fourth-order valence-corrected chi connectivity index (χ4v) is 1.53. The van der Waals surface area contributed by atoms with Gasteiger partial charge >= 0.3 is 0 Å². The zero-order valence-corrected chi connectivity index (χ0v) is 10.2. The molecule has 1 aliphatic rings. The van der Waals surface area contributed by atoms with Crippen molar-refractivity contribution < 1.29 is 19.4 Å². The van der Waals surface area contributed by atoms with Crippen LogP contribution in [0.15, 0.2) is 0 Å². The molecule has 0 bridgehead atoms. The van der Waals surface area contributed by atoms with E-state index >= 15 is 0 Å². The van der Waals surface area contributed by atoms with Gasteiger partial charge in [-0.3, -0.25) is 4.79 Å². The van der Waals surface area contributed by atoms with Crippen molar-refractivity contribution in [2.45, 2.75) is 38.6 Å². The van der Waals surface area contributed by atoms with E-state index in [1.807, 2.05) is 13.3 Å². The van der Waals surface area contributed by atoms with Gasteiger partial charge in [0, 0.05) is 6.42 Å². The number of aliphatic hydroxyl groups excluding tert-OH is 1. The maximum atomic E-state index is 11.6. The number of Topliss-reactive ketones (excluding diaryl/α,β-unsaturated/α-hetero) is 1. The van der Waals surface area contributed by atoms with Gasteiger partial charge < -0.3 is 14.6 Å². The Morgan fingerprint density at radius 2 is 2.12 bits per heavy atom. The summed E-state index contributed by atoms with van der Waals surface area (Å²) in [6.45, 7) is 3.17. The van der Waals surface area contributed by atoms with Crippen LogP contribution in [0.4, 0.5) is 0 Å². The van der Waals surface area contributed by atoms with Crippen LogP contribution in [-0.4, -0.2) is 36.5 Å². The number of ether oxygens (including phenoxy) is 2. The van der Waals surface area contributed by atoms with Crippen LogP contribution >= 0.6 is 0 Å². The van der Waals surface area contributed by atoms with Gasteiger partial charge in [-0.05, 0) is 32.1 Å². The number of aliphatic hydroxyl groups is 1. The number of carbonyl (C=O) groups is 1. The van der Waals surface area contributed by atoms with Crippen LogP contribution in [0, 0.1) is 25.7 Å². The second-order valence-electron chi connectivity index (χ2n) is 3.95. The maximum Gasteiger partial charge on any atom is 0.164 e. The van der Waals surface area contributed by atoms with Crippen molar-refractivity contribution in [3.8, 4) is 0 Å². The third-order valence-corrected chi connectivity index (χ3v) is 2.36. The van der Waals surface area contributed by atoms with Crippen molar-refractivity contribution in [3.05, 3.63) is 25.7 Å². The van der Waals surface area contributed by atoms with E-state index in [0.29, 0.717) is 13.2 Å². The first-order chi connectivity index (χ1) is 8.22. The van der Waals surface area contributed by atoms with Gasteiger partial charge in [-0.15, -0.1) is 0 Å². The average molecular weight is 240 g/mol. The quantitative estimate of drug-likeness (QED) is 0.650. The third kappa shape index (κ3) is 6.76. The first-order valence-corrected chi connectivity index (χ1v) is 5.95. The topological polar surface area (TPSA) is 55.8 Å². The first kappa shape index (κ1) is 14.6. The SMILES string of the molecule is C[CH][CH][CH][CH][C@@H](O)CC(=O)CC1OCCCO1. The fraction of sp³-hybridized carbons (Fsp3) is 0.615. The summed E-state index contributed by atoms with van der Waals surface area (Å²) >= 11 is 0. The summed E-state index contributed by atoms with van der Waals surface area (Å²) in [5, 5.41) is 9.55. The van der Waals surface area contributed by atoms with Crippen LogP contribution in [0.2, 0.25) is 0 Å². The molecular weight excluding hydrogens is 220 g/mol. The minimum Gasteiger partial charge on any atom is -0.392 e. The normalized spacial score (nSPS) is 19.2. The summed E-state index contributed by atoms with van der Waals surface area (Å²) in [5.74, 6) is -0.0467. The molecule has 0 aromatic heterocycles. The summed E-state index contributed by atoms with van der Waals surface area (Å²) in [7, 11) is 0. The van der Waals surface area contributed by atoms with Crippen molar-refractivity contribution in [2.24, 2.45) is 0 Å². The molecule has 4 nitrogen and oxygen atoms in total. The molecule has 0 aromatic rings. The summed E-state index contributed by atoms with van der Waals surface area (Å²) < 4.78 is 10.5. The van der Waals surface area contributed by atoms with Crippen LogP contribution < -0.4 is 0 Å². The van der Waals surface area contributed by atoms with E-state index in [1.54, 1.807) is 19.3 Å². The molecule has 0 amide bonds. The number of ketones is 1. The standard InChI is InChI=1S/C13H20O4/c1-2-3-4-6-11(14)9-12(15)10-13-16-7-5-8-17-13/h2-4,6,11,13-14H,5,7-10H2,1H3/t11-/m1/s1. The van der Waals surface area contributed by atoms with Gasteiger partial charge in [0.15, 0.2) is 6.29 Å². The minimum atomic E-state index is -0.734. The molecule has 4 radical (unpaired) electrons. The molecule has 0 unspecified atom stereocenters. The number of carbonyl (C=O) groups excluding carboxylic acids is 1. The fourth-order valence-electron chi connectivity index (χ4n) is 1.53. The van der Waals surface area contributed by atoms with Crippen LogP contribution in [-0.2, 0) is 14.3 Å². The molecule has 0 spiro atoms. The molecule has 96 valence electrons. The summed E-state index contributed by atoms with van der Waals surface area (Å²) in [5.41, 5.74) is 0. The lowest BCUT2D eigenvalue weighted by Crippen LogP contribution is -2.28. The Hall–Kier alpha value is -0.450. The Kier molecular flexibility index (Phi) is 7.40. The highest BCUT2D eigenvalue weighted by Crippen LogP contribution is 2.12. The second-order valence-corrected chi connectivity index (χ2v) is 3.95. The van der Waals surface area contributed by atoms with Gasteiger partial charge in [-0.25, -0.2) is 0 Å². The minimum absolute atomic E-state index is 0.0467. The van der Waals surface area contributed by atoms with Gasteiger partial charge in [-0.2, -0.15) is 0 Å². The number of rotatable bonds is 8. The molecule has 0 saturated carbocycles. The van der Waals surface area contributed by atoms with Gasteiger partial charge in [0.25, 0.3) is 0 Å². The third-order valence-electron chi connectivity index (χ3n) is 2.36. The molecule has 17 heavy (non-hydrogen) atoms. The first-order valence-electron chi connectivity index (χ1n) is 5.95. The van der Waals surface area contributed by atoms with Gasteiger partial charge in [0.2, 0.25) is 0 Å². The number of unbranched alkanes of at least 4 members (excludes halogenated alkanes) is 2. The molecule has 1 rings (SSSR count). The highest BCUT2D eigenvalue weighted by atomic mass is 16.7. The van der Waals surface area contributed by atoms with Gasteiger partial charge in [0.05, 0.1) is 25.7 Å². The molecule has 1 N–H and O–H groups in total. The van der Waals surface area contributed by atoms with Crippen molar-refractivity contribution in [3.63, 3.8) is 0 Å². The Morgan fingerprint density at radius 3 is 2.76 bits per heavy atom. The lowest BCUT2D eigenvalue weighted by atomic mass is 10.0. The van der Waals surface area contributed by atoms with Crippen LogP contribution in [0.5, 0.6) is 0 Å². The zero-order chi connectivity index (χ0) is 12.5. The van der Waals surface area contributed by atoms with E-state index in [9.17, 15) is 9.90 Å². The second kappa shape index (κ2) is 8.61. The largest absolute Gasteiger partial charge is 0.392 e. The van der Waals surface area contributed by atoms with E-state index in [2.05, 4.69) is 0 Å². The Morgan fingerprint density at radius 1 is 1.41 bits per heavy atom. The lowest BCUT2D eigenvalue weighted by Gasteiger charge is -2.22. The summed E-state index contributed by atoms with van der Waals surface area (Å²) in [6.07, 6.45) is 7.03. The highest BCUT2D eigenvalue weighted by molar-refractivity contribution is 5.79. The van der Waals surface area contributed by atoms with E-state index < -0.39 is 12.4 Å². The molecule has 1 atom stereocenters. The number of hydrogen-bond donors (Lipinski definition) is 1. The molecule has 1 heterocycles. The lowest BCUT2D eigenvalue weighted by molar-refractivity contribution is -0.183. The Balaban J connectivity index is 2.10.